The van der Waals surface area contributed by atoms with Crippen LogP contribution in [0.5, 0.6) is 0 Å². The molecule has 1 saturated heterocycles. The van der Waals surface area contributed by atoms with Crippen LogP contribution in [-0.4, -0.2) is 58.6 Å². The van der Waals surface area contributed by atoms with Gasteiger partial charge in [-0.3, -0.25) is 4.90 Å². The first-order valence-electron chi connectivity index (χ1n) is 5.92. The topological polar surface area (TPSA) is 90.9 Å². The molecule has 0 saturated carbocycles. The molecule has 0 bridgehead atoms. The van der Waals surface area contributed by atoms with Crippen LogP contribution in [0.2, 0.25) is 0 Å². The van der Waals surface area contributed by atoms with Crippen molar-refractivity contribution >= 4 is 11.7 Å². The number of anilines is 1. The molecule has 0 aliphatic carbocycles. The maximum atomic E-state index is 8.53. The van der Waals surface area contributed by atoms with E-state index in [0.717, 1.165) is 37.8 Å². The number of aryl methyl sites for hydroxylation is 1. The predicted molar refractivity (Wildman–Crippen MR) is 68.8 cm³/mol. The number of nitrogens with two attached hydrogens (primary N) is 1. The van der Waals surface area contributed by atoms with E-state index in [4.69, 9.17) is 10.9 Å². The quantitative estimate of drug-likeness (QED) is 0.330. The van der Waals surface area contributed by atoms with Gasteiger partial charge in [0.1, 0.15) is 11.6 Å². The van der Waals surface area contributed by atoms with Crippen molar-refractivity contribution in [2.75, 3.05) is 37.6 Å². The molecule has 0 aromatic carbocycles. The largest absolute Gasteiger partial charge is 0.409 e. The van der Waals surface area contributed by atoms with Crippen molar-refractivity contribution in [3.05, 3.63) is 18.1 Å². The molecule has 98 valence electrons. The van der Waals surface area contributed by atoms with Gasteiger partial charge in [0.25, 0.3) is 0 Å². The van der Waals surface area contributed by atoms with Crippen LogP contribution < -0.4 is 10.6 Å². The number of piperazine rings is 1. The van der Waals surface area contributed by atoms with E-state index in [1.54, 1.807) is 6.20 Å². The van der Waals surface area contributed by atoms with Crippen LogP contribution in [0.1, 0.15) is 5.82 Å². The summed E-state index contributed by atoms with van der Waals surface area (Å²) in [5, 5.41) is 11.5. The SMILES string of the molecule is Cc1nccc(N2CCN(CC(N)=NO)CC2)n1. The lowest BCUT2D eigenvalue weighted by Crippen LogP contribution is -2.49. The highest BCUT2D eigenvalue weighted by Crippen LogP contribution is 2.12. The van der Waals surface area contributed by atoms with E-state index >= 15 is 0 Å². The zero-order valence-corrected chi connectivity index (χ0v) is 10.5. The number of aromatic nitrogens is 2. The Hall–Kier alpha value is -1.89. The fourth-order valence-corrected chi connectivity index (χ4v) is 2.02. The molecule has 18 heavy (non-hydrogen) atoms. The number of rotatable bonds is 3. The summed E-state index contributed by atoms with van der Waals surface area (Å²) in [5.41, 5.74) is 5.49. The zero-order chi connectivity index (χ0) is 13.0. The van der Waals surface area contributed by atoms with E-state index in [1.165, 1.54) is 0 Å². The third-order valence-corrected chi connectivity index (χ3v) is 2.97. The molecule has 1 fully saturated rings. The normalized spacial score (nSPS) is 18.1. The van der Waals surface area contributed by atoms with E-state index in [-0.39, 0.29) is 5.84 Å². The van der Waals surface area contributed by atoms with Gasteiger partial charge in [0, 0.05) is 32.4 Å². The van der Waals surface area contributed by atoms with Crippen molar-refractivity contribution in [2.24, 2.45) is 10.9 Å². The van der Waals surface area contributed by atoms with E-state index in [2.05, 4.69) is 24.9 Å². The van der Waals surface area contributed by atoms with E-state index in [1.807, 2.05) is 13.0 Å². The second kappa shape index (κ2) is 5.63. The summed E-state index contributed by atoms with van der Waals surface area (Å²) < 4.78 is 0. The molecule has 2 heterocycles. The first-order valence-corrected chi connectivity index (χ1v) is 5.92. The Morgan fingerprint density at radius 1 is 1.44 bits per heavy atom. The van der Waals surface area contributed by atoms with Crippen LogP contribution in [0.4, 0.5) is 5.82 Å². The number of hydrogen-bond donors (Lipinski definition) is 2. The highest BCUT2D eigenvalue weighted by molar-refractivity contribution is 5.81. The lowest BCUT2D eigenvalue weighted by molar-refractivity contribution is 0.278. The van der Waals surface area contributed by atoms with Crippen LogP contribution in [-0.2, 0) is 0 Å². The maximum Gasteiger partial charge on any atom is 0.153 e. The van der Waals surface area contributed by atoms with Gasteiger partial charge in [0.2, 0.25) is 0 Å². The number of amidine groups is 1. The zero-order valence-electron chi connectivity index (χ0n) is 10.5. The summed E-state index contributed by atoms with van der Waals surface area (Å²) in [6.45, 7) is 5.91. The van der Waals surface area contributed by atoms with Crippen molar-refractivity contribution in [1.82, 2.24) is 14.9 Å². The van der Waals surface area contributed by atoms with Gasteiger partial charge in [-0.25, -0.2) is 9.97 Å². The van der Waals surface area contributed by atoms with E-state index in [9.17, 15) is 0 Å². The standard InChI is InChI=1S/C11H18N6O/c1-9-13-3-2-11(14-9)17-6-4-16(5-7-17)8-10(12)15-18/h2-3,18H,4-8H2,1H3,(H2,12,15). The highest BCUT2D eigenvalue weighted by atomic mass is 16.4. The maximum absolute atomic E-state index is 8.53. The molecule has 0 atom stereocenters. The molecule has 1 aromatic heterocycles. The molecule has 0 unspecified atom stereocenters. The Bertz CT molecular complexity index is 427. The summed E-state index contributed by atoms with van der Waals surface area (Å²) in [5.74, 6) is 2.00. The minimum Gasteiger partial charge on any atom is -0.409 e. The van der Waals surface area contributed by atoms with Gasteiger partial charge in [0.05, 0.1) is 6.54 Å². The van der Waals surface area contributed by atoms with Gasteiger partial charge in [-0.1, -0.05) is 5.16 Å². The molecule has 7 nitrogen and oxygen atoms in total. The summed E-state index contributed by atoms with van der Waals surface area (Å²) in [7, 11) is 0. The van der Waals surface area contributed by atoms with Crippen molar-refractivity contribution in [1.29, 1.82) is 0 Å². The Labute approximate surface area is 106 Å². The predicted octanol–water partition coefficient (Wildman–Crippen LogP) is -0.347. The van der Waals surface area contributed by atoms with Crippen LogP contribution in [0.15, 0.2) is 17.4 Å². The minimum atomic E-state index is 0.251. The Morgan fingerprint density at radius 2 is 2.17 bits per heavy atom. The van der Waals surface area contributed by atoms with Crippen LogP contribution in [0.25, 0.3) is 0 Å². The lowest BCUT2D eigenvalue weighted by Gasteiger charge is -2.35. The molecule has 0 amide bonds. The third kappa shape index (κ3) is 3.07. The van der Waals surface area contributed by atoms with Crippen molar-refractivity contribution in [3.8, 4) is 0 Å². The molecule has 0 radical (unpaired) electrons. The number of hydrogen-bond acceptors (Lipinski definition) is 6. The smallest absolute Gasteiger partial charge is 0.153 e. The Balaban J connectivity index is 1.90. The Morgan fingerprint density at radius 3 is 2.78 bits per heavy atom. The van der Waals surface area contributed by atoms with Crippen molar-refractivity contribution < 1.29 is 5.21 Å². The molecule has 1 aliphatic heterocycles. The molecular formula is C11H18N6O. The van der Waals surface area contributed by atoms with E-state index < -0.39 is 0 Å². The summed E-state index contributed by atoms with van der Waals surface area (Å²) >= 11 is 0. The second-order valence-corrected chi connectivity index (χ2v) is 4.32. The first kappa shape index (κ1) is 12.6. The number of nitrogens with zero attached hydrogens (tertiary/aromatic N) is 5. The van der Waals surface area contributed by atoms with Crippen LogP contribution >= 0.6 is 0 Å². The molecular weight excluding hydrogens is 232 g/mol. The lowest BCUT2D eigenvalue weighted by atomic mass is 10.3. The first-order chi connectivity index (χ1) is 8.69. The van der Waals surface area contributed by atoms with Gasteiger partial charge in [-0.2, -0.15) is 0 Å². The summed E-state index contributed by atoms with van der Waals surface area (Å²) in [4.78, 5) is 12.9. The summed E-state index contributed by atoms with van der Waals surface area (Å²) in [6, 6.07) is 1.92. The molecule has 7 heteroatoms. The van der Waals surface area contributed by atoms with E-state index in [0.29, 0.717) is 6.54 Å². The molecule has 2 rings (SSSR count). The highest BCUT2D eigenvalue weighted by Gasteiger charge is 2.18. The monoisotopic (exact) mass is 250 g/mol. The van der Waals surface area contributed by atoms with Crippen LogP contribution in [0.3, 0.4) is 0 Å². The summed E-state index contributed by atoms with van der Waals surface area (Å²) in [6.07, 6.45) is 1.78. The van der Waals surface area contributed by atoms with Gasteiger partial charge >= 0.3 is 0 Å². The third-order valence-electron chi connectivity index (χ3n) is 2.97. The second-order valence-electron chi connectivity index (χ2n) is 4.32. The van der Waals surface area contributed by atoms with Gasteiger partial charge in [-0.05, 0) is 13.0 Å². The molecule has 3 N–H and O–H groups in total. The average molecular weight is 250 g/mol. The van der Waals surface area contributed by atoms with Gasteiger partial charge in [-0.15, -0.1) is 0 Å². The minimum absolute atomic E-state index is 0.251. The Kier molecular flexibility index (Phi) is 3.93. The molecule has 0 spiro atoms. The number of oxime groups is 1. The molecule has 1 aromatic rings. The van der Waals surface area contributed by atoms with Gasteiger partial charge in [0.15, 0.2) is 5.84 Å². The molecule has 1 aliphatic rings. The van der Waals surface area contributed by atoms with Crippen molar-refractivity contribution in [2.45, 2.75) is 6.92 Å². The van der Waals surface area contributed by atoms with Crippen molar-refractivity contribution in [3.63, 3.8) is 0 Å². The van der Waals surface area contributed by atoms with Crippen LogP contribution in [0, 0.1) is 6.92 Å². The fraction of sp³-hybridized carbons (Fsp3) is 0.545. The van der Waals surface area contributed by atoms with Gasteiger partial charge < -0.3 is 15.8 Å². The fourth-order valence-electron chi connectivity index (χ4n) is 2.02. The average Bonchev–Trinajstić information content (AvgIpc) is 2.39.